The fraction of sp³-hybridized carbons (Fsp3) is 0.111. The Hall–Kier alpha value is -1.19. The van der Waals surface area contributed by atoms with Crippen LogP contribution < -0.4 is 0 Å². The largest absolute Gasteiger partial charge is 0.206 e. The highest BCUT2D eigenvalue weighted by molar-refractivity contribution is 9.11. The minimum atomic E-state index is -0.227. The number of benzene rings is 3. The molecule has 21 heavy (non-hydrogen) atoms. The maximum Gasteiger partial charge on any atom is 0.137 e. The van der Waals surface area contributed by atoms with Gasteiger partial charge in [-0.25, -0.2) is 4.39 Å². The van der Waals surface area contributed by atoms with Crippen molar-refractivity contribution in [2.24, 2.45) is 0 Å². The summed E-state index contributed by atoms with van der Waals surface area (Å²) in [7, 11) is 0. The van der Waals surface area contributed by atoms with Gasteiger partial charge in [0.15, 0.2) is 0 Å². The number of hydrogen-bond donors (Lipinski definition) is 0. The molecule has 0 saturated heterocycles. The summed E-state index contributed by atoms with van der Waals surface area (Å²) in [4.78, 5) is 0.0633. The van der Waals surface area contributed by atoms with Crippen LogP contribution in [0.5, 0.6) is 0 Å². The Morgan fingerprint density at radius 1 is 0.905 bits per heavy atom. The van der Waals surface area contributed by atoms with Crippen molar-refractivity contribution in [3.8, 4) is 0 Å². The maximum absolute atomic E-state index is 13.7. The van der Waals surface area contributed by atoms with Gasteiger partial charge in [-0.05, 0) is 50.3 Å². The van der Waals surface area contributed by atoms with E-state index in [2.05, 4.69) is 62.2 Å². The summed E-state index contributed by atoms with van der Waals surface area (Å²) >= 11 is 7.04. The Morgan fingerprint density at radius 3 is 2.48 bits per heavy atom. The zero-order valence-corrected chi connectivity index (χ0v) is 14.4. The van der Waals surface area contributed by atoms with Crippen molar-refractivity contribution in [1.29, 1.82) is 0 Å². The molecule has 0 spiro atoms. The molecule has 0 aliphatic carbocycles. The van der Waals surface area contributed by atoms with Crippen molar-refractivity contribution in [3.05, 3.63) is 82.1 Å². The van der Waals surface area contributed by atoms with E-state index in [0.29, 0.717) is 4.47 Å². The Kier molecular flexibility index (Phi) is 4.41. The van der Waals surface area contributed by atoms with Gasteiger partial charge in [-0.15, -0.1) is 0 Å². The SMILES string of the molecule is Fc1cccc(C(Br)Cc2cccc3ccccc23)c1Br. The van der Waals surface area contributed by atoms with E-state index in [1.807, 2.05) is 18.2 Å². The average Bonchev–Trinajstić information content (AvgIpc) is 2.50. The predicted molar refractivity (Wildman–Crippen MR) is 93.4 cm³/mol. The van der Waals surface area contributed by atoms with E-state index in [4.69, 9.17) is 0 Å². The highest BCUT2D eigenvalue weighted by Crippen LogP contribution is 2.35. The van der Waals surface area contributed by atoms with Crippen LogP contribution in [0.3, 0.4) is 0 Å². The van der Waals surface area contributed by atoms with Crippen LogP contribution in [0.2, 0.25) is 0 Å². The van der Waals surface area contributed by atoms with Gasteiger partial charge in [0.25, 0.3) is 0 Å². The molecular formula is C18H13Br2F. The first kappa shape index (κ1) is 14.7. The van der Waals surface area contributed by atoms with Crippen LogP contribution in [0.25, 0.3) is 10.8 Å². The van der Waals surface area contributed by atoms with E-state index in [1.165, 1.54) is 22.4 Å². The Bertz CT molecular complexity index is 778. The van der Waals surface area contributed by atoms with Gasteiger partial charge in [-0.2, -0.15) is 0 Å². The van der Waals surface area contributed by atoms with E-state index in [1.54, 1.807) is 6.07 Å². The minimum Gasteiger partial charge on any atom is -0.206 e. The van der Waals surface area contributed by atoms with Crippen molar-refractivity contribution in [2.75, 3.05) is 0 Å². The lowest BCUT2D eigenvalue weighted by atomic mass is 9.98. The summed E-state index contributed by atoms with van der Waals surface area (Å²) < 4.78 is 14.2. The van der Waals surface area contributed by atoms with Gasteiger partial charge in [0, 0.05) is 4.83 Å². The fourth-order valence-electron chi connectivity index (χ4n) is 2.54. The number of hydrogen-bond acceptors (Lipinski definition) is 0. The molecule has 3 aromatic carbocycles. The molecule has 3 rings (SSSR count). The minimum absolute atomic E-state index is 0.0633. The number of rotatable bonds is 3. The van der Waals surface area contributed by atoms with Gasteiger partial charge >= 0.3 is 0 Å². The summed E-state index contributed by atoms with van der Waals surface area (Å²) in [5.41, 5.74) is 2.19. The lowest BCUT2D eigenvalue weighted by Gasteiger charge is -2.14. The second kappa shape index (κ2) is 6.29. The van der Waals surface area contributed by atoms with Gasteiger partial charge in [0.2, 0.25) is 0 Å². The first-order chi connectivity index (χ1) is 10.2. The second-order valence-corrected chi connectivity index (χ2v) is 6.85. The molecule has 0 aliphatic heterocycles. The third kappa shape index (κ3) is 3.04. The molecule has 0 aliphatic rings. The molecule has 0 amide bonds. The molecule has 0 radical (unpaired) electrons. The first-order valence-electron chi connectivity index (χ1n) is 6.71. The zero-order valence-electron chi connectivity index (χ0n) is 11.2. The highest BCUT2D eigenvalue weighted by atomic mass is 79.9. The van der Waals surface area contributed by atoms with Crippen molar-refractivity contribution >= 4 is 42.6 Å². The summed E-state index contributed by atoms with van der Waals surface area (Å²) in [6.07, 6.45) is 0.809. The molecule has 0 aromatic heterocycles. The smallest absolute Gasteiger partial charge is 0.137 e. The van der Waals surface area contributed by atoms with Crippen molar-refractivity contribution in [2.45, 2.75) is 11.2 Å². The molecule has 106 valence electrons. The summed E-state index contributed by atoms with van der Waals surface area (Å²) in [5, 5.41) is 2.48. The number of alkyl halides is 1. The van der Waals surface area contributed by atoms with Crippen LogP contribution in [0.15, 0.2) is 65.1 Å². The third-order valence-electron chi connectivity index (χ3n) is 3.60. The monoisotopic (exact) mass is 406 g/mol. The second-order valence-electron chi connectivity index (χ2n) is 4.95. The van der Waals surface area contributed by atoms with Crippen molar-refractivity contribution in [3.63, 3.8) is 0 Å². The Morgan fingerprint density at radius 2 is 1.62 bits per heavy atom. The van der Waals surface area contributed by atoms with E-state index < -0.39 is 0 Å². The number of halogens is 3. The van der Waals surface area contributed by atoms with Crippen molar-refractivity contribution in [1.82, 2.24) is 0 Å². The van der Waals surface area contributed by atoms with Gasteiger partial charge in [-0.3, -0.25) is 0 Å². The van der Waals surface area contributed by atoms with Gasteiger partial charge in [0.1, 0.15) is 5.82 Å². The summed E-state index contributed by atoms with van der Waals surface area (Å²) in [5.74, 6) is -0.227. The molecule has 0 fully saturated rings. The highest BCUT2D eigenvalue weighted by Gasteiger charge is 2.15. The van der Waals surface area contributed by atoms with Crippen LogP contribution in [0, 0.1) is 5.82 Å². The van der Waals surface area contributed by atoms with E-state index in [-0.39, 0.29) is 10.6 Å². The fourth-order valence-corrected chi connectivity index (χ4v) is 4.11. The molecule has 0 heterocycles. The standard InChI is InChI=1S/C18H13Br2F/c19-16(15-9-4-10-17(21)18(15)20)11-13-7-3-6-12-5-1-2-8-14(12)13/h1-10,16H,11H2. The van der Waals surface area contributed by atoms with E-state index in [9.17, 15) is 4.39 Å². The Labute approximate surface area is 140 Å². The summed E-state index contributed by atoms with van der Waals surface area (Å²) in [6, 6.07) is 19.8. The van der Waals surface area contributed by atoms with Crippen LogP contribution in [0.1, 0.15) is 16.0 Å². The lowest BCUT2D eigenvalue weighted by Crippen LogP contribution is -1.98. The first-order valence-corrected chi connectivity index (χ1v) is 8.42. The van der Waals surface area contributed by atoms with E-state index in [0.717, 1.165) is 12.0 Å². The molecule has 0 N–H and O–H groups in total. The van der Waals surface area contributed by atoms with Gasteiger partial charge in [-0.1, -0.05) is 70.5 Å². The van der Waals surface area contributed by atoms with Crippen LogP contribution in [0.4, 0.5) is 4.39 Å². The summed E-state index contributed by atoms with van der Waals surface area (Å²) in [6.45, 7) is 0. The van der Waals surface area contributed by atoms with Crippen LogP contribution in [-0.4, -0.2) is 0 Å². The molecule has 0 nitrogen and oxygen atoms in total. The molecule has 3 heteroatoms. The van der Waals surface area contributed by atoms with E-state index >= 15 is 0 Å². The van der Waals surface area contributed by atoms with Crippen LogP contribution >= 0.6 is 31.9 Å². The maximum atomic E-state index is 13.7. The lowest BCUT2D eigenvalue weighted by molar-refractivity contribution is 0.617. The third-order valence-corrected chi connectivity index (χ3v) is 5.25. The van der Waals surface area contributed by atoms with Crippen molar-refractivity contribution < 1.29 is 4.39 Å². The molecule has 1 atom stereocenters. The average molecular weight is 408 g/mol. The molecule has 0 bridgehead atoms. The normalized spacial score (nSPS) is 12.5. The Balaban J connectivity index is 1.97. The molecule has 0 saturated carbocycles. The quantitative estimate of drug-likeness (QED) is 0.439. The molecule has 1 unspecified atom stereocenters. The number of fused-ring (bicyclic) bond motifs is 1. The molecule has 3 aromatic rings. The predicted octanol–water partition coefficient (Wildman–Crippen LogP) is 6.42. The van der Waals surface area contributed by atoms with Crippen LogP contribution in [-0.2, 0) is 6.42 Å². The zero-order chi connectivity index (χ0) is 14.8. The van der Waals surface area contributed by atoms with Gasteiger partial charge < -0.3 is 0 Å². The molecular weight excluding hydrogens is 395 g/mol. The topological polar surface area (TPSA) is 0 Å². The van der Waals surface area contributed by atoms with Gasteiger partial charge in [0.05, 0.1) is 4.47 Å².